The number of rotatable bonds is 3. The van der Waals surface area contributed by atoms with Gasteiger partial charge < -0.3 is 4.98 Å². The molecule has 1 aliphatic rings. The molecule has 0 spiro atoms. The number of nitrogens with zero attached hydrogens (tertiary/aromatic N) is 3. The first-order valence-electron chi connectivity index (χ1n) is 9.56. The molecule has 0 atom stereocenters. The Kier molecular flexibility index (Phi) is 4.38. The summed E-state index contributed by atoms with van der Waals surface area (Å²) in [5.74, 6) is 0.774. The van der Waals surface area contributed by atoms with Crippen molar-refractivity contribution in [2.75, 3.05) is 6.54 Å². The number of nitrogens with one attached hydrogen (secondary N) is 1. The fraction of sp³-hybridized carbons (Fsp3) is 0.217. The summed E-state index contributed by atoms with van der Waals surface area (Å²) in [5, 5.41) is 2.05. The lowest BCUT2D eigenvalue weighted by Crippen LogP contribution is -2.30. The molecule has 0 unspecified atom stereocenters. The Labute approximate surface area is 169 Å². The number of hydrogen-bond donors (Lipinski definition) is 1. The van der Waals surface area contributed by atoms with Crippen molar-refractivity contribution in [1.29, 1.82) is 0 Å². The van der Waals surface area contributed by atoms with E-state index in [2.05, 4.69) is 46.2 Å². The van der Waals surface area contributed by atoms with Gasteiger partial charge in [-0.2, -0.15) is 0 Å². The Morgan fingerprint density at radius 1 is 1.14 bits per heavy atom. The van der Waals surface area contributed by atoms with Crippen LogP contribution in [0.1, 0.15) is 22.4 Å². The molecule has 0 aliphatic carbocycles. The Morgan fingerprint density at radius 3 is 2.86 bits per heavy atom. The summed E-state index contributed by atoms with van der Waals surface area (Å²) in [6, 6.07) is 14.2. The minimum atomic E-state index is 0.727. The first-order valence-corrected chi connectivity index (χ1v) is 9.94. The standard InChI is InChI=1S/C23H21ClN4/c1-15-3-2-4-20-17(11-25-22(15)20)13-28-10-9-21-18(14-28)12-26-23(27-21)16-5-7-19(24)8-6-16/h2-8,11-12,25H,9-10,13-14H2,1H3. The van der Waals surface area contributed by atoms with Crippen LogP contribution in [0.3, 0.4) is 0 Å². The molecule has 1 N–H and O–H groups in total. The fourth-order valence-electron chi connectivity index (χ4n) is 3.98. The van der Waals surface area contributed by atoms with Gasteiger partial charge in [0.1, 0.15) is 0 Å². The summed E-state index contributed by atoms with van der Waals surface area (Å²) in [6.45, 7) is 4.97. The van der Waals surface area contributed by atoms with Gasteiger partial charge in [0.2, 0.25) is 0 Å². The molecule has 4 nitrogen and oxygen atoms in total. The van der Waals surface area contributed by atoms with Gasteiger partial charge in [0.25, 0.3) is 0 Å². The van der Waals surface area contributed by atoms with Crippen LogP contribution in [-0.4, -0.2) is 26.4 Å². The highest BCUT2D eigenvalue weighted by atomic mass is 35.5. The molecule has 2 aromatic heterocycles. The van der Waals surface area contributed by atoms with Crippen molar-refractivity contribution in [2.24, 2.45) is 0 Å². The van der Waals surface area contributed by atoms with E-state index in [0.29, 0.717) is 0 Å². The third-order valence-corrected chi connectivity index (χ3v) is 5.77. The van der Waals surface area contributed by atoms with E-state index in [1.165, 1.54) is 27.6 Å². The average Bonchev–Trinajstić information content (AvgIpc) is 3.12. The van der Waals surface area contributed by atoms with Crippen molar-refractivity contribution in [3.8, 4) is 11.4 Å². The predicted molar refractivity (Wildman–Crippen MR) is 113 cm³/mol. The van der Waals surface area contributed by atoms with Crippen LogP contribution in [0.5, 0.6) is 0 Å². The van der Waals surface area contributed by atoms with Crippen LogP contribution in [-0.2, 0) is 19.5 Å². The normalized spacial score (nSPS) is 14.4. The molecule has 28 heavy (non-hydrogen) atoms. The second kappa shape index (κ2) is 7.04. The summed E-state index contributed by atoms with van der Waals surface area (Å²) in [5.41, 5.74) is 7.26. The van der Waals surface area contributed by atoms with Gasteiger partial charge in [0.05, 0.1) is 5.69 Å². The summed E-state index contributed by atoms with van der Waals surface area (Å²) in [6.07, 6.45) is 5.07. The van der Waals surface area contributed by atoms with E-state index in [9.17, 15) is 0 Å². The van der Waals surface area contributed by atoms with E-state index in [0.717, 1.165) is 48.2 Å². The Balaban J connectivity index is 1.36. The zero-order valence-corrected chi connectivity index (χ0v) is 16.5. The van der Waals surface area contributed by atoms with Gasteiger partial charge in [0.15, 0.2) is 5.82 Å². The lowest BCUT2D eigenvalue weighted by Gasteiger charge is -2.28. The number of para-hydroxylation sites is 1. The van der Waals surface area contributed by atoms with Crippen LogP contribution in [0, 0.1) is 6.92 Å². The molecule has 0 saturated carbocycles. The number of fused-ring (bicyclic) bond motifs is 2. The zero-order chi connectivity index (χ0) is 19.1. The largest absolute Gasteiger partial charge is 0.361 e. The van der Waals surface area contributed by atoms with Gasteiger partial charge in [-0.15, -0.1) is 0 Å². The molecule has 2 aromatic carbocycles. The number of aromatic nitrogens is 3. The first-order chi connectivity index (χ1) is 13.7. The number of H-pyrrole nitrogens is 1. The SMILES string of the molecule is Cc1cccc2c(CN3CCc4nc(-c5ccc(Cl)cc5)ncc4C3)c[nH]c12. The average molecular weight is 389 g/mol. The Bertz CT molecular complexity index is 1150. The Hall–Kier alpha value is -2.69. The molecule has 3 heterocycles. The lowest BCUT2D eigenvalue weighted by molar-refractivity contribution is 0.244. The number of aromatic amines is 1. The Morgan fingerprint density at radius 2 is 2.00 bits per heavy atom. The molecule has 5 rings (SSSR count). The molecule has 0 saturated heterocycles. The van der Waals surface area contributed by atoms with Crippen LogP contribution >= 0.6 is 11.6 Å². The molecule has 0 amide bonds. The maximum atomic E-state index is 5.99. The second-order valence-corrected chi connectivity index (χ2v) is 7.88. The number of hydrogen-bond acceptors (Lipinski definition) is 3. The fourth-order valence-corrected chi connectivity index (χ4v) is 4.11. The minimum Gasteiger partial charge on any atom is -0.361 e. The molecule has 1 aliphatic heterocycles. The summed E-state index contributed by atoms with van der Waals surface area (Å²) in [4.78, 5) is 15.3. The van der Waals surface area contributed by atoms with Gasteiger partial charge in [0, 0.05) is 65.5 Å². The number of halogens is 1. The predicted octanol–water partition coefficient (Wildman–Crippen LogP) is 5.15. The molecule has 4 aromatic rings. The van der Waals surface area contributed by atoms with Crippen molar-refractivity contribution >= 4 is 22.5 Å². The van der Waals surface area contributed by atoms with E-state index in [1.54, 1.807) is 0 Å². The number of benzene rings is 2. The molecule has 0 bridgehead atoms. The van der Waals surface area contributed by atoms with Gasteiger partial charge in [-0.25, -0.2) is 9.97 Å². The summed E-state index contributed by atoms with van der Waals surface area (Å²) < 4.78 is 0. The molecule has 5 heteroatoms. The van der Waals surface area contributed by atoms with Crippen LogP contribution in [0.2, 0.25) is 5.02 Å². The smallest absolute Gasteiger partial charge is 0.159 e. The van der Waals surface area contributed by atoms with Crippen LogP contribution in [0.15, 0.2) is 54.9 Å². The quantitative estimate of drug-likeness (QED) is 0.528. The highest BCUT2D eigenvalue weighted by molar-refractivity contribution is 6.30. The summed E-state index contributed by atoms with van der Waals surface area (Å²) in [7, 11) is 0. The number of aryl methyl sites for hydroxylation is 1. The van der Waals surface area contributed by atoms with Crippen LogP contribution < -0.4 is 0 Å². The highest BCUT2D eigenvalue weighted by Gasteiger charge is 2.20. The lowest BCUT2D eigenvalue weighted by atomic mass is 10.0. The third-order valence-electron chi connectivity index (χ3n) is 5.52. The molecule has 0 fully saturated rings. The van der Waals surface area contributed by atoms with Crippen molar-refractivity contribution in [2.45, 2.75) is 26.4 Å². The van der Waals surface area contributed by atoms with E-state index in [-0.39, 0.29) is 0 Å². The summed E-state index contributed by atoms with van der Waals surface area (Å²) >= 11 is 5.99. The van der Waals surface area contributed by atoms with E-state index in [1.807, 2.05) is 30.5 Å². The van der Waals surface area contributed by atoms with E-state index >= 15 is 0 Å². The van der Waals surface area contributed by atoms with Gasteiger partial charge >= 0.3 is 0 Å². The van der Waals surface area contributed by atoms with Crippen molar-refractivity contribution in [3.63, 3.8) is 0 Å². The maximum absolute atomic E-state index is 5.99. The minimum absolute atomic E-state index is 0.727. The van der Waals surface area contributed by atoms with Gasteiger partial charge in [-0.3, -0.25) is 4.90 Å². The second-order valence-electron chi connectivity index (χ2n) is 7.44. The maximum Gasteiger partial charge on any atom is 0.159 e. The first kappa shape index (κ1) is 17.4. The molecular formula is C23H21ClN4. The molecular weight excluding hydrogens is 368 g/mol. The molecule has 140 valence electrons. The van der Waals surface area contributed by atoms with Crippen LogP contribution in [0.25, 0.3) is 22.3 Å². The van der Waals surface area contributed by atoms with Crippen LogP contribution in [0.4, 0.5) is 0 Å². The van der Waals surface area contributed by atoms with Crippen molar-refractivity contribution in [3.05, 3.63) is 82.3 Å². The zero-order valence-electron chi connectivity index (χ0n) is 15.7. The van der Waals surface area contributed by atoms with Gasteiger partial charge in [-0.1, -0.05) is 29.8 Å². The third kappa shape index (κ3) is 3.19. The van der Waals surface area contributed by atoms with E-state index in [4.69, 9.17) is 16.6 Å². The van der Waals surface area contributed by atoms with E-state index < -0.39 is 0 Å². The topological polar surface area (TPSA) is 44.8 Å². The highest BCUT2D eigenvalue weighted by Crippen LogP contribution is 2.26. The van der Waals surface area contributed by atoms with Crippen molar-refractivity contribution in [1.82, 2.24) is 19.9 Å². The van der Waals surface area contributed by atoms with Crippen molar-refractivity contribution < 1.29 is 0 Å². The monoisotopic (exact) mass is 388 g/mol. The molecule has 0 radical (unpaired) electrons. The van der Waals surface area contributed by atoms with Gasteiger partial charge in [-0.05, 0) is 42.3 Å².